The van der Waals surface area contributed by atoms with Gasteiger partial charge >= 0.3 is 0 Å². The molecule has 0 saturated carbocycles. The first kappa shape index (κ1) is 16.7. The molecular formula is C15H27N3O2. The van der Waals surface area contributed by atoms with Crippen LogP contribution in [-0.4, -0.2) is 34.4 Å². The third kappa shape index (κ3) is 3.82. The average molecular weight is 281 g/mol. The summed E-state index contributed by atoms with van der Waals surface area (Å²) in [5, 5.41) is 19.3. The lowest BCUT2D eigenvalue weighted by Gasteiger charge is -2.29. The van der Waals surface area contributed by atoms with Gasteiger partial charge in [-0.25, -0.2) is 0 Å². The average Bonchev–Trinajstić information content (AvgIpc) is 2.90. The summed E-state index contributed by atoms with van der Waals surface area (Å²) >= 11 is 0. The maximum absolute atomic E-state index is 12.1. The van der Waals surface area contributed by atoms with E-state index in [4.69, 9.17) is 0 Å². The van der Waals surface area contributed by atoms with Crippen molar-refractivity contribution in [2.24, 2.45) is 5.41 Å². The van der Waals surface area contributed by atoms with Crippen LogP contribution in [0, 0.1) is 5.41 Å². The number of rotatable bonds is 6. The molecule has 114 valence electrons. The molecular weight excluding hydrogens is 254 g/mol. The quantitative estimate of drug-likeness (QED) is 0.748. The molecule has 5 nitrogen and oxygen atoms in total. The number of aromatic nitrogens is 2. The zero-order valence-corrected chi connectivity index (χ0v) is 13.2. The Morgan fingerprint density at radius 2 is 1.95 bits per heavy atom. The second kappa shape index (κ2) is 6.39. The zero-order chi connectivity index (χ0) is 15.4. The highest BCUT2D eigenvalue weighted by Crippen LogP contribution is 2.24. The van der Waals surface area contributed by atoms with Crippen molar-refractivity contribution < 1.29 is 9.90 Å². The number of aliphatic hydroxyl groups excluding tert-OH is 1. The smallest absolute Gasteiger partial charge is 0.271 e. The minimum atomic E-state index is -0.237. The molecule has 0 saturated heterocycles. The summed E-state index contributed by atoms with van der Waals surface area (Å²) in [6.45, 7) is 10.8. The molecule has 20 heavy (non-hydrogen) atoms. The lowest BCUT2D eigenvalue weighted by atomic mass is 9.83. The van der Waals surface area contributed by atoms with Crippen LogP contribution < -0.4 is 5.32 Å². The fourth-order valence-electron chi connectivity index (χ4n) is 1.96. The van der Waals surface area contributed by atoms with Gasteiger partial charge in [0.15, 0.2) is 0 Å². The number of aromatic amines is 1. The molecule has 1 heterocycles. The first-order valence-corrected chi connectivity index (χ1v) is 7.23. The van der Waals surface area contributed by atoms with Crippen LogP contribution in [-0.2, 0) is 5.41 Å². The molecule has 0 unspecified atom stereocenters. The van der Waals surface area contributed by atoms with Crippen molar-refractivity contribution in [2.75, 3.05) is 13.2 Å². The van der Waals surface area contributed by atoms with Crippen LogP contribution in [0.5, 0.6) is 0 Å². The predicted octanol–water partition coefficient (Wildman–Crippen LogP) is 2.24. The Bertz CT molecular complexity index is 434. The van der Waals surface area contributed by atoms with Gasteiger partial charge in [0.2, 0.25) is 0 Å². The van der Waals surface area contributed by atoms with Gasteiger partial charge in [0.1, 0.15) is 5.69 Å². The molecule has 0 aromatic carbocycles. The van der Waals surface area contributed by atoms with Crippen molar-refractivity contribution in [3.8, 4) is 0 Å². The summed E-state index contributed by atoms with van der Waals surface area (Å²) in [5.41, 5.74) is 1.03. The van der Waals surface area contributed by atoms with Crippen LogP contribution in [0.4, 0.5) is 0 Å². The Labute approximate surface area is 121 Å². The maximum Gasteiger partial charge on any atom is 0.271 e. The number of aliphatic hydroxyl groups is 1. The number of carbonyl (C=O) groups excluding carboxylic acids is 1. The van der Waals surface area contributed by atoms with E-state index < -0.39 is 0 Å². The van der Waals surface area contributed by atoms with E-state index in [2.05, 4.69) is 36.3 Å². The maximum atomic E-state index is 12.1. The number of nitrogens with one attached hydrogen (secondary N) is 2. The molecule has 0 spiro atoms. The van der Waals surface area contributed by atoms with Crippen molar-refractivity contribution in [3.63, 3.8) is 0 Å². The SMILES string of the molecule is CCC(CC)(CO)CNC(=O)c1cc(C(C)(C)C)[nH]n1. The van der Waals surface area contributed by atoms with Gasteiger partial charge < -0.3 is 10.4 Å². The minimum Gasteiger partial charge on any atom is -0.396 e. The zero-order valence-electron chi connectivity index (χ0n) is 13.2. The third-order valence-corrected chi connectivity index (χ3v) is 4.08. The molecule has 1 amide bonds. The largest absolute Gasteiger partial charge is 0.396 e. The van der Waals surface area contributed by atoms with E-state index in [1.165, 1.54) is 0 Å². The highest BCUT2D eigenvalue weighted by molar-refractivity contribution is 5.92. The minimum absolute atomic E-state index is 0.0623. The fraction of sp³-hybridized carbons (Fsp3) is 0.733. The van der Waals surface area contributed by atoms with Crippen molar-refractivity contribution in [2.45, 2.75) is 52.9 Å². The lowest BCUT2D eigenvalue weighted by molar-refractivity contribution is 0.0847. The molecule has 0 radical (unpaired) electrons. The standard InChI is InChI=1S/C15H27N3O2/c1-6-15(7-2,10-19)9-16-13(20)11-8-12(18-17-11)14(3,4)5/h8,19H,6-7,9-10H2,1-5H3,(H,16,20)(H,17,18). The summed E-state index contributed by atoms with van der Waals surface area (Å²) in [6.07, 6.45) is 1.65. The topological polar surface area (TPSA) is 78.0 Å². The van der Waals surface area contributed by atoms with E-state index in [0.29, 0.717) is 12.2 Å². The number of H-pyrrole nitrogens is 1. The van der Waals surface area contributed by atoms with Gasteiger partial charge in [-0.05, 0) is 18.9 Å². The fourth-order valence-corrected chi connectivity index (χ4v) is 1.96. The van der Waals surface area contributed by atoms with Gasteiger partial charge in [-0.2, -0.15) is 5.10 Å². The number of hydrogen-bond acceptors (Lipinski definition) is 3. The molecule has 0 aliphatic heterocycles. The van der Waals surface area contributed by atoms with Crippen molar-refractivity contribution >= 4 is 5.91 Å². The van der Waals surface area contributed by atoms with Crippen molar-refractivity contribution in [1.82, 2.24) is 15.5 Å². The summed E-state index contributed by atoms with van der Waals surface area (Å²) < 4.78 is 0. The van der Waals surface area contributed by atoms with E-state index in [9.17, 15) is 9.90 Å². The molecule has 3 N–H and O–H groups in total. The highest BCUT2D eigenvalue weighted by Gasteiger charge is 2.27. The summed E-state index contributed by atoms with van der Waals surface area (Å²) in [7, 11) is 0. The summed E-state index contributed by atoms with van der Waals surface area (Å²) in [4.78, 5) is 12.1. The van der Waals surface area contributed by atoms with E-state index in [-0.39, 0.29) is 23.3 Å². The van der Waals surface area contributed by atoms with Crippen LogP contribution in [0.2, 0.25) is 0 Å². The molecule has 0 aliphatic rings. The van der Waals surface area contributed by atoms with Gasteiger partial charge in [0.05, 0.1) is 6.61 Å². The van der Waals surface area contributed by atoms with Crippen LogP contribution in [0.1, 0.15) is 63.6 Å². The van der Waals surface area contributed by atoms with E-state index >= 15 is 0 Å². The van der Waals surface area contributed by atoms with Crippen molar-refractivity contribution in [3.05, 3.63) is 17.5 Å². The molecule has 1 aromatic rings. The molecule has 0 atom stereocenters. The Hall–Kier alpha value is -1.36. The number of hydrogen-bond donors (Lipinski definition) is 3. The third-order valence-electron chi connectivity index (χ3n) is 4.08. The first-order valence-electron chi connectivity index (χ1n) is 7.23. The second-order valence-electron chi connectivity index (χ2n) is 6.46. The van der Waals surface area contributed by atoms with E-state index in [0.717, 1.165) is 18.5 Å². The van der Waals surface area contributed by atoms with Crippen molar-refractivity contribution in [1.29, 1.82) is 0 Å². The monoisotopic (exact) mass is 281 g/mol. The highest BCUT2D eigenvalue weighted by atomic mass is 16.3. The normalized spacial score (nSPS) is 12.5. The van der Waals surface area contributed by atoms with Gasteiger partial charge in [0, 0.05) is 23.1 Å². The summed E-state index contributed by atoms with van der Waals surface area (Å²) in [6, 6.07) is 1.79. The molecule has 1 aromatic heterocycles. The predicted molar refractivity (Wildman–Crippen MR) is 79.7 cm³/mol. The molecule has 0 bridgehead atoms. The first-order chi connectivity index (χ1) is 9.28. The molecule has 5 heteroatoms. The Morgan fingerprint density at radius 3 is 2.35 bits per heavy atom. The number of nitrogens with zero attached hydrogens (tertiary/aromatic N) is 1. The molecule has 0 fully saturated rings. The Balaban J connectivity index is 2.70. The van der Waals surface area contributed by atoms with E-state index in [1.807, 2.05) is 13.8 Å². The van der Waals surface area contributed by atoms with Crippen LogP contribution in [0.15, 0.2) is 6.07 Å². The van der Waals surface area contributed by atoms with Crippen LogP contribution in [0.3, 0.4) is 0 Å². The van der Waals surface area contributed by atoms with Gasteiger partial charge in [0.25, 0.3) is 5.91 Å². The van der Waals surface area contributed by atoms with Gasteiger partial charge in [-0.1, -0.05) is 34.6 Å². The number of amides is 1. The number of carbonyl (C=O) groups is 1. The lowest BCUT2D eigenvalue weighted by Crippen LogP contribution is -2.39. The van der Waals surface area contributed by atoms with Crippen LogP contribution >= 0.6 is 0 Å². The molecule has 1 rings (SSSR count). The Morgan fingerprint density at radius 1 is 1.35 bits per heavy atom. The Kier molecular flexibility index (Phi) is 5.34. The summed E-state index contributed by atoms with van der Waals surface area (Å²) in [5.74, 6) is -0.198. The van der Waals surface area contributed by atoms with Gasteiger partial charge in [-0.15, -0.1) is 0 Å². The second-order valence-corrected chi connectivity index (χ2v) is 6.46. The van der Waals surface area contributed by atoms with Crippen LogP contribution in [0.25, 0.3) is 0 Å². The van der Waals surface area contributed by atoms with Gasteiger partial charge in [-0.3, -0.25) is 9.89 Å². The molecule has 0 aliphatic carbocycles. The van der Waals surface area contributed by atoms with E-state index in [1.54, 1.807) is 6.07 Å².